The van der Waals surface area contributed by atoms with Gasteiger partial charge in [-0.15, -0.1) is 0 Å². The maximum absolute atomic E-state index is 12.8. The monoisotopic (exact) mass is 187 g/mol. The average molecular weight is 187 g/mol. The van der Waals surface area contributed by atoms with Gasteiger partial charge < -0.3 is 0 Å². The fourth-order valence-electron chi connectivity index (χ4n) is 1.01. The summed E-state index contributed by atoms with van der Waals surface area (Å²) in [4.78, 5) is 11.1. The molecule has 3 heteroatoms. The van der Waals surface area contributed by atoms with E-state index in [1.807, 2.05) is 0 Å². The van der Waals surface area contributed by atoms with E-state index in [1.54, 1.807) is 6.07 Å². The molecule has 1 aromatic rings. The summed E-state index contributed by atoms with van der Waals surface area (Å²) < 4.78 is 12.8. The summed E-state index contributed by atoms with van der Waals surface area (Å²) in [5.41, 5.74) is 0.577. The van der Waals surface area contributed by atoms with Crippen molar-refractivity contribution in [2.24, 2.45) is 0 Å². The van der Waals surface area contributed by atoms with Crippen LogP contribution in [0.15, 0.2) is 18.2 Å². The molecule has 0 spiro atoms. The second-order valence-corrected chi connectivity index (χ2v) is 2.61. The third-order valence-corrected chi connectivity index (χ3v) is 1.61. The van der Waals surface area contributed by atoms with E-state index in [0.717, 1.165) is 6.07 Å². The lowest BCUT2D eigenvalue weighted by Gasteiger charge is -1.99. The Morgan fingerprint density at radius 3 is 2.79 bits per heavy atom. The molecule has 2 nitrogen and oxygen atoms in total. The first-order chi connectivity index (χ1) is 6.65. The van der Waals surface area contributed by atoms with Crippen LogP contribution in [0.25, 0.3) is 0 Å². The molecule has 0 amide bonds. The van der Waals surface area contributed by atoms with Crippen LogP contribution in [0.5, 0.6) is 0 Å². The van der Waals surface area contributed by atoms with Crippen molar-refractivity contribution in [3.8, 4) is 17.9 Å². The van der Waals surface area contributed by atoms with Crippen LogP contribution in [0.4, 0.5) is 4.39 Å². The molecular formula is C11H6FNO. The number of hydrogen-bond donors (Lipinski definition) is 0. The predicted octanol–water partition coefficient (Wildman–Crippen LogP) is 1.90. The molecule has 0 N–H and O–H groups in total. The van der Waals surface area contributed by atoms with Gasteiger partial charge in [-0.3, -0.25) is 4.79 Å². The van der Waals surface area contributed by atoms with E-state index in [4.69, 9.17) is 5.26 Å². The summed E-state index contributed by atoms with van der Waals surface area (Å²) in [5, 5.41) is 8.23. The molecule has 0 aliphatic heterocycles. The molecule has 0 saturated carbocycles. The molecule has 0 saturated heterocycles. The number of benzene rings is 1. The summed E-state index contributed by atoms with van der Waals surface area (Å²) in [6.07, 6.45) is 0. The van der Waals surface area contributed by atoms with Gasteiger partial charge in [-0.1, -0.05) is 0 Å². The van der Waals surface area contributed by atoms with Crippen molar-refractivity contribution in [2.75, 3.05) is 0 Å². The van der Waals surface area contributed by atoms with Gasteiger partial charge in [0, 0.05) is 17.0 Å². The molecule has 0 unspecified atom stereocenters. The SMILES string of the molecule is CC(=O)c1cc(F)ccc1C#CC#N. The van der Waals surface area contributed by atoms with Crippen LogP contribution in [0.2, 0.25) is 0 Å². The van der Waals surface area contributed by atoms with Crippen LogP contribution in [0.3, 0.4) is 0 Å². The topological polar surface area (TPSA) is 40.9 Å². The Morgan fingerprint density at radius 1 is 1.50 bits per heavy atom. The second kappa shape index (κ2) is 4.20. The summed E-state index contributed by atoms with van der Waals surface area (Å²) in [6, 6.07) is 5.33. The number of rotatable bonds is 1. The molecule has 14 heavy (non-hydrogen) atoms. The Morgan fingerprint density at radius 2 is 2.21 bits per heavy atom. The van der Waals surface area contributed by atoms with Gasteiger partial charge in [0.2, 0.25) is 0 Å². The molecule has 0 aliphatic rings. The molecule has 0 aromatic heterocycles. The van der Waals surface area contributed by atoms with Gasteiger partial charge in [0.05, 0.1) is 0 Å². The molecule has 0 aliphatic carbocycles. The van der Waals surface area contributed by atoms with Crippen molar-refractivity contribution in [3.05, 3.63) is 35.1 Å². The zero-order valence-electron chi connectivity index (χ0n) is 7.47. The molecule has 0 bridgehead atoms. The van der Waals surface area contributed by atoms with Crippen LogP contribution in [0.1, 0.15) is 22.8 Å². The number of carbonyl (C=O) groups excluding carboxylic acids is 1. The van der Waals surface area contributed by atoms with Crippen LogP contribution in [0, 0.1) is 29.0 Å². The second-order valence-electron chi connectivity index (χ2n) is 2.61. The average Bonchev–Trinajstić information content (AvgIpc) is 2.15. The first kappa shape index (κ1) is 9.95. The number of nitriles is 1. The van der Waals surface area contributed by atoms with Crippen LogP contribution in [-0.4, -0.2) is 5.78 Å². The molecular weight excluding hydrogens is 181 g/mol. The highest BCUT2D eigenvalue weighted by molar-refractivity contribution is 5.96. The van der Waals surface area contributed by atoms with Gasteiger partial charge in [0.25, 0.3) is 0 Å². The quantitative estimate of drug-likeness (QED) is 0.497. The lowest BCUT2D eigenvalue weighted by molar-refractivity contribution is 0.101. The zero-order chi connectivity index (χ0) is 10.6. The smallest absolute Gasteiger partial charge is 0.161 e. The Bertz CT molecular complexity index is 474. The van der Waals surface area contributed by atoms with Crippen LogP contribution >= 0.6 is 0 Å². The van der Waals surface area contributed by atoms with Crippen molar-refractivity contribution in [1.82, 2.24) is 0 Å². The minimum absolute atomic E-state index is 0.202. The van der Waals surface area contributed by atoms with Crippen LogP contribution < -0.4 is 0 Å². The third-order valence-electron chi connectivity index (χ3n) is 1.61. The lowest BCUT2D eigenvalue weighted by atomic mass is 10.0. The maximum atomic E-state index is 12.8. The number of carbonyl (C=O) groups is 1. The molecule has 1 rings (SSSR count). The van der Waals surface area contributed by atoms with Crippen molar-refractivity contribution in [3.63, 3.8) is 0 Å². The molecule has 68 valence electrons. The fraction of sp³-hybridized carbons (Fsp3) is 0.0909. The summed E-state index contributed by atoms with van der Waals surface area (Å²) >= 11 is 0. The molecule has 1 aromatic carbocycles. The largest absolute Gasteiger partial charge is 0.294 e. The number of hydrogen-bond acceptors (Lipinski definition) is 2. The van der Waals surface area contributed by atoms with Gasteiger partial charge in [0.15, 0.2) is 11.9 Å². The van der Waals surface area contributed by atoms with Gasteiger partial charge in [0.1, 0.15) is 5.82 Å². The number of Topliss-reactive ketones (excluding diaryl/α,β-unsaturated/α-hetero) is 1. The van der Waals surface area contributed by atoms with Crippen molar-refractivity contribution < 1.29 is 9.18 Å². The van der Waals surface area contributed by atoms with E-state index >= 15 is 0 Å². The zero-order valence-corrected chi connectivity index (χ0v) is 7.47. The number of nitrogens with zero attached hydrogens (tertiary/aromatic N) is 1. The Labute approximate surface area is 81.0 Å². The fourth-order valence-corrected chi connectivity index (χ4v) is 1.01. The van der Waals surface area contributed by atoms with E-state index in [1.165, 1.54) is 19.1 Å². The Hall–Kier alpha value is -2.13. The van der Waals surface area contributed by atoms with E-state index in [-0.39, 0.29) is 11.3 Å². The minimum Gasteiger partial charge on any atom is -0.294 e. The summed E-state index contributed by atoms with van der Waals surface area (Å²) in [6.45, 7) is 1.33. The maximum Gasteiger partial charge on any atom is 0.161 e. The lowest BCUT2D eigenvalue weighted by Crippen LogP contribution is -1.97. The molecule has 0 fully saturated rings. The minimum atomic E-state index is -0.488. The third kappa shape index (κ3) is 2.18. The van der Waals surface area contributed by atoms with Crippen molar-refractivity contribution in [1.29, 1.82) is 5.26 Å². The van der Waals surface area contributed by atoms with Crippen LogP contribution in [-0.2, 0) is 0 Å². The first-order valence-electron chi connectivity index (χ1n) is 3.85. The van der Waals surface area contributed by atoms with E-state index in [0.29, 0.717) is 5.56 Å². The standard InChI is InChI=1S/C11H6FNO/c1-8(14)11-7-10(12)5-4-9(11)3-2-6-13/h4-5,7H,1H3. The Kier molecular flexibility index (Phi) is 2.99. The number of halogens is 1. The summed E-state index contributed by atoms with van der Waals surface area (Å²) in [5.74, 6) is 3.87. The predicted molar refractivity (Wildman–Crippen MR) is 48.9 cm³/mol. The molecule has 0 radical (unpaired) electrons. The highest BCUT2D eigenvalue weighted by Gasteiger charge is 2.06. The first-order valence-corrected chi connectivity index (χ1v) is 3.85. The molecule has 0 atom stereocenters. The molecule has 0 heterocycles. The highest BCUT2D eigenvalue weighted by Crippen LogP contribution is 2.10. The van der Waals surface area contributed by atoms with Gasteiger partial charge in [-0.2, -0.15) is 5.26 Å². The number of ketones is 1. The van der Waals surface area contributed by atoms with E-state index in [9.17, 15) is 9.18 Å². The van der Waals surface area contributed by atoms with Gasteiger partial charge in [-0.05, 0) is 31.0 Å². The van der Waals surface area contributed by atoms with Crippen molar-refractivity contribution in [2.45, 2.75) is 6.92 Å². The summed E-state index contributed by atoms with van der Waals surface area (Å²) in [7, 11) is 0. The van der Waals surface area contributed by atoms with Gasteiger partial charge >= 0.3 is 0 Å². The highest BCUT2D eigenvalue weighted by atomic mass is 19.1. The Balaban J connectivity index is 3.30. The van der Waals surface area contributed by atoms with Gasteiger partial charge in [-0.25, -0.2) is 4.39 Å². The normalized spacial score (nSPS) is 8.36. The van der Waals surface area contributed by atoms with E-state index < -0.39 is 5.82 Å². The van der Waals surface area contributed by atoms with E-state index in [2.05, 4.69) is 11.8 Å². The van der Waals surface area contributed by atoms with Crippen molar-refractivity contribution >= 4 is 5.78 Å².